The second-order valence-corrected chi connectivity index (χ2v) is 3.41. The summed E-state index contributed by atoms with van der Waals surface area (Å²) in [5.74, 6) is -0.358. The van der Waals surface area contributed by atoms with Gasteiger partial charge in [0.05, 0.1) is 5.02 Å². The highest BCUT2D eigenvalue weighted by Crippen LogP contribution is 2.28. The summed E-state index contributed by atoms with van der Waals surface area (Å²) in [6.45, 7) is 9.92. The van der Waals surface area contributed by atoms with Gasteiger partial charge in [-0.15, -0.1) is 0 Å². The summed E-state index contributed by atoms with van der Waals surface area (Å²) in [6, 6.07) is 8.92. The van der Waals surface area contributed by atoms with E-state index < -0.39 is 0 Å². The number of benzene rings is 2. The molecule has 0 aliphatic carbocycles. The topological polar surface area (TPSA) is 0 Å². The third-order valence-corrected chi connectivity index (χ3v) is 2.51. The predicted molar refractivity (Wildman–Crippen MR) is 76.3 cm³/mol. The predicted octanol–water partition coefficient (Wildman–Crippen LogP) is 5.99. The Morgan fingerprint density at radius 3 is 2.12 bits per heavy atom. The average Bonchev–Trinajstić information content (AvgIpc) is 2.39. The zero-order chi connectivity index (χ0) is 13.4. The Bertz CT molecular complexity index is 464. The number of hydrogen-bond acceptors (Lipinski definition) is 0. The molecule has 0 unspecified atom stereocenters. The lowest BCUT2D eigenvalue weighted by atomic mass is 10.1. The van der Waals surface area contributed by atoms with Gasteiger partial charge in [0.1, 0.15) is 5.82 Å². The molecule has 0 bridgehead atoms. The van der Waals surface area contributed by atoms with Crippen LogP contribution >= 0.6 is 11.6 Å². The summed E-state index contributed by atoms with van der Waals surface area (Å²) in [5.41, 5.74) is 1.00. The van der Waals surface area contributed by atoms with Crippen molar-refractivity contribution in [2.75, 3.05) is 0 Å². The van der Waals surface area contributed by atoms with Crippen LogP contribution in [0.15, 0.2) is 30.3 Å². The molecule has 0 aliphatic heterocycles. The summed E-state index contributed by atoms with van der Waals surface area (Å²) in [7, 11) is 0. The first-order valence-electron chi connectivity index (χ1n) is 6.03. The molecule has 0 atom stereocenters. The van der Waals surface area contributed by atoms with Crippen molar-refractivity contribution in [2.24, 2.45) is 0 Å². The quantitative estimate of drug-likeness (QED) is 0.541. The van der Waals surface area contributed by atoms with Gasteiger partial charge in [0.25, 0.3) is 0 Å². The molecule has 2 rings (SSSR count). The Labute approximate surface area is 108 Å². The van der Waals surface area contributed by atoms with Crippen molar-refractivity contribution >= 4 is 22.4 Å². The minimum absolute atomic E-state index is 0.218. The Morgan fingerprint density at radius 2 is 1.53 bits per heavy atom. The van der Waals surface area contributed by atoms with Crippen LogP contribution in [-0.4, -0.2) is 0 Å². The fourth-order valence-electron chi connectivity index (χ4n) is 1.48. The van der Waals surface area contributed by atoms with Crippen molar-refractivity contribution in [2.45, 2.75) is 34.6 Å². The first kappa shape index (κ1) is 15.9. The largest absolute Gasteiger partial charge is 0.205 e. The van der Waals surface area contributed by atoms with Gasteiger partial charge in [-0.3, -0.25) is 0 Å². The van der Waals surface area contributed by atoms with Crippen LogP contribution < -0.4 is 0 Å². The Morgan fingerprint density at radius 1 is 0.941 bits per heavy atom. The molecule has 2 aromatic carbocycles. The summed E-state index contributed by atoms with van der Waals surface area (Å²) in [6.07, 6.45) is 0. The van der Waals surface area contributed by atoms with Crippen LogP contribution in [0.25, 0.3) is 10.8 Å². The van der Waals surface area contributed by atoms with E-state index >= 15 is 0 Å². The van der Waals surface area contributed by atoms with Gasteiger partial charge in [0, 0.05) is 5.39 Å². The fourth-order valence-corrected chi connectivity index (χ4v) is 1.81. The molecule has 94 valence electrons. The summed E-state index contributed by atoms with van der Waals surface area (Å²) < 4.78 is 13.1. The zero-order valence-corrected chi connectivity index (χ0v) is 11.9. The zero-order valence-electron chi connectivity index (χ0n) is 11.1. The molecule has 2 aromatic rings. The maximum absolute atomic E-state index is 13.1. The molecular weight excluding hydrogens is 235 g/mol. The van der Waals surface area contributed by atoms with Crippen LogP contribution in [0, 0.1) is 12.7 Å². The molecule has 17 heavy (non-hydrogen) atoms. The standard InChI is InChI=1S/C11H8ClF.2C2H6/c1-7-3-2-4-8-5-6-9(13)11(12)10(7)8;2*1-2/h2-6H,1H3;2*1-2H3. The molecule has 0 aromatic heterocycles. The van der Waals surface area contributed by atoms with E-state index in [4.69, 9.17) is 11.6 Å². The third kappa shape index (κ3) is 3.71. The van der Waals surface area contributed by atoms with Crippen molar-refractivity contribution in [3.05, 3.63) is 46.7 Å². The van der Waals surface area contributed by atoms with Crippen molar-refractivity contribution in [3.8, 4) is 0 Å². The normalized spacial score (nSPS) is 8.88. The lowest BCUT2D eigenvalue weighted by Crippen LogP contribution is -1.83. The number of hydrogen-bond donors (Lipinski definition) is 0. The number of halogens is 2. The molecule has 0 aliphatic rings. The molecule has 0 spiro atoms. The van der Waals surface area contributed by atoms with Gasteiger partial charge in [0.2, 0.25) is 0 Å². The Hall–Kier alpha value is -1.08. The summed E-state index contributed by atoms with van der Waals surface area (Å²) >= 11 is 5.86. The van der Waals surface area contributed by atoms with Gasteiger partial charge < -0.3 is 0 Å². The molecule has 0 amide bonds. The van der Waals surface area contributed by atoms with Gasteiger partial charge in [0.15, 0.2) is 0 Å². The molecule has 0 heterocycles. The lowest BCUT2D eigenvalue weighted by molar-refractivity contribution is 0.630. The van der Waals surface area contributed by atoms with Crippen molar-refractivity contribution in [3.63, 3.8) is 0 Å². The molecule has 0 saturated carbocycles. The first-order valence-corrected chi connectivity index (χ1v) is 6.41. The van der Waals surface area contributed by atoms with Crippen LogP contribution in [0.2, 0.25) is 5.02 Å². The molecule has 0 nitrogen and oxygen atoms in total. The summed E-state index contributed by atoms with van der Waals surface area (Å²) in [5, 5.41) is 2.01. The Balaban J connectivity index is 0.000000581. The molecule has 0 fully saturated rings. The van der Waals surface area contributed by atoms with Gasteiger partial charge in [-0.25, -0.2) is 4.39 Å². The van der Waals surface area contributed by atoms with Gasteiger partial charge in [-0.05, 0) is 23.9 Å². The van der Waals surface area contributed by atoms with Crippen molar-refractivity contribution in [1.29, 1.82) is 0 Å². The van der Waals surface area contributed by atoms with E-state index in [0.29, 0.717) is 0 Å². The maximum atomic E-state index is 13.1. The highest BCUT2D eigenvalue weighted by atomic mass is 35.5. The van der Waals surface area contributed by atoms with E-state index in [2.05, 4.69) is 0 Å². The van der Waals surface area contributed by atoms with Gasteiger partial charge >= 0.3 is 0 Å². The van der Waals surface area contributed by atoms with Crippen LogP contribution in [0.3, 0.4) is 0 Å². The van der Waals surface area contributed by atoms with Crippen LogP contribution in [0.1, 0.15) is 33.3 Å². The molecule has 0 N–H and O–H groups in total. The Kier molecular flexibility index (Phi) is 7.56. The number of aryl methyl sites for hydroxylation is 1. The van der Waals surface area contributed by atoms with Gasteiger partial charge in [-0.1, -0.05) is 63.6 Å². The maximum Gasteiger partial charge on any atom is 0.142 e. The van der Waals surface area contributed by atoms with E-state index in [0.717, 1.165) is 16.3 Å². The van der Waals surface area contributed by atoms with Crippen molar-refractivity contribution in [1.82, 2.24) is 0 Å². The van der Waals surface area contributed by atoms with E-state index in [1.807, 2.05) is 52.8 Å². The summed E-state index contributed by atoms with van der Waals surface area (Å²) in [4.78, 5) is 0. The molecule has 2 heteroatoms. The highest BCUT2D eigenvalue weighted by Gasteiger charge is 2.06. The van der Waals surface area contributed by atoms with E-state index in [1.54, 1.807) is 6.07 Å². The smallest absolute Gasteiger partial charge is 0.142 e. The average molecular weight is 255 g/mol. The lowest BCUT2D eigenvalue weighted by Gasteiger charge is -2.04. The number of fused-ring (bicyclic) bond motifs is 1. The van der Waals surface area contributed by atoms with E-state index in [9.17, 15) is 4.39 Å². The minimum Gasteiger partial charge on any atom is -0.205 e. The van der Waals surface area contributed by atoms with Gasteiger partial charge in [-0.2, -0.15) is 0 Å². The number of rotatable bonds is 0. The van der Waals surface area contributed by atoms with E-state index in [-0.39, 0.29) is 10.8 Å². The highest BCUT2D eigenvalue weighted by molar-refractivity contribution is 6.35. The van der Waals surface area contributed by atoms with Crippen LogP contribution in [0.4, 0.5) is 4.39 Å². The molecular formula is C15H20ClF. The molecule has 0 saturated heterocycles. The second-order valence-electron chi connectivity index (χ2n) is 3.03. The monoisotopic (exact) mass is 254 g/mol. The van der Waals surface area contributed by atoms with Crippen LogP contribution in [-0.2, 0) is 0 Å². The fraction of sp³-hybridized carbons (Fsp3) is 0.333. The second kappa shape index (κ2) is 8.08. The SMILES string of the molecule is CC.CC.Cc1cccc2ccc(F)c(Cl)c12. The van der Waals surface area contributed by atoms with E-state index in [1.165, 1.54) is 6.07 Å². The van der Waals surface area contributed by atoms with Crippen molar-refractivity contribution < 1.29 is 4.39 Å². The first-order chi connectivity index (χ1) is 8.20. The van der Waals surface area contributed by atoms with Crippen LogP contribution in [0.5, 0.6) is 0 Å². The minimum atomic E-state index is -0.358. The third-order valence-electron chi connectivity index (χ3n) is 2.14. The molecule has 0 radical (unpaired) electrons.